The van der Waals surface area contributed by atoms with Gasteiger partial charge in [-0.2, -0.15) is 0 Å². The second-order valence-corrected chi connectivity index (χ2v) is 7.37. The summed E-state index contributed by atoms with van der Waals surface area (Å²) in [6.07, 6.45) is 0. The predicted molar refractivity (Wildman–Crippen MR) is 138 cm³/mol. The number of nitrogens with one attached hydrogen (secondary N) is 4. The van der Waals surface area contributed by atoms with Crippen LogP contribution in [0.4, 0.5) is 11.4 Å². The maximum Gasteiger partial charge on any atom is 0.274 e. The van der Waals surface area contributed by atoms with Crippen molar-refractivity contribution < 1.29 is 14.5 Å². The summed E-state index contributed by atoms with van der Waals surface area (Å²) >= 11 is 0. The van der Waals surface area contributed by atoms with Crippen LogP contribution in [0.15, 0.2) is 58.5 Å². The average molecular weight is 493 g/mol. The number of aromatic amines is 2. The lowest BCUT2D eigenvalue weighted by Gasteiger charge is -2.00. The van der Waals surface area contributed by atoms with Crippen LogP contribution >= 0.6 is 0 Å². The van der Waals surface area contributed by atoms with E-state index in [-0.39, 0.29) is 29.2 Å². The first-order valence-electron chi connectivity index (χ1n) is 10.3. The third-order valence-electron chi connectivity index (χ3n) is 4.92. The SMILES string of the molecule is CN=C(N)NC(=O)c1cc2ccc(N)cc2[nH]1.CN=C(N)NC(=O)c1cc2ccc([N+](=O)[O-])cc2[nH]1. The normalized spacial score (nSPS) is 11.6. The van der Waals surface area contributed by atoms with Crippen LogP contribution < -0.4 is 27.8 Å². The van der Waals surface area contributed by atoms with Crippen LogP contribution in [0.2, 0.25) is 0 Å². The minimum Gasteiger partial charge on any atom is -0.399 e. The van der Waals surface area contributed by atoms with Gasteiger partial charge in [0.05, 0.1) is 10.4 Å². The van der Waals surface area contributed by atoms with E-state index >= 15 is 0 Å². The second-order valence-electron chi connectivity index (χ2n) is 7.37. The molecule has 0 saturated heterocycles. The topological polar surface area (TPSA) is 236 Å². The van der Waals surface area contributed by atoms with Crippen molar-refractivity contribution in [1.82, 2.24) is 20.6 Å². The van der Waals surface area contributed by atoms with Gasteiger partial charge in [0.2, 0.25) is 0 Å². The summed E-state index contributed by atoms with van der Waals surface area (Å²) < 4.78 is 0. The van der Waals surface area contributed by atoms with E-state index in [1.54, 1.807) is 30.3 Å². The molecule has 4 rings (SSSR count). The zero-order chi connectivity index (χ0) is 26.4. The highest BCUT2D eigenvalue weighted by Crippen LogP contribution is 2.21. The number of hydrogen-bond donors (Lipinski definition) is 7. The smallest absolute Gasteiger partial charge is 0.274 e. The third-order valence-corrected chi connectivity index (χ3v) is 4.92. The summed E-state index contributed by atoms with van der Waals surface area (Å²) in [5, 5.41) is 17.1. The lowest BCUT2D eigenvalue weighted by atomic mass is 10.2. The van der Waals surface area contributed by atoms with E-state index in [1.807, 2.05) is 6.07 Å². The van der Waals surface area contributed by atoms with Crippen molar-refractivity contribution in [1.29, 1.82) is 0 Å². The van der Waals surface area contributed by atoms with E-state index in [1.165, 1.54) is 26.2 Å². The van der Waals surface area contributed by atoms with Gasteiger partial charge in [-0.1, -0.05) is 6.07 Å². The van der Waals surface area contributed by atoms with Gasteiger partial charge in [-0.3, -0.25) is 40.3 Å². The third kappa shape index (κ3) is 5.93. The maximum absolute atomic E-state index is 11.8. The van der Waals surface area contributed by atoms with Gasteiger partial charge in [0.1, 0.15) is 11.4 Å². The molecule has 0 saturated carbocycles. The molecular weight excluding hydrogens is 468 g/mol. The highest BCUT2D eigenvalue weighted by Gasteiger charge is 2.13. The minimum atomic E-state index is -0.498. The molecule has 0 aliphatic rings. The number of fused-ring (bicyclic) bond motifs is 2. The Bertz CT molecular complexity index is 1520. The Morgan fingerprint density at radius 3 is 1.78 bits per heavy atom. The molecular formula is C22H24N10O4. The van der Waals surface area contributed by atoms with Crippen LogP contribution in [0, 0.1) is 10.1 Å². The van der Waals surface area contributed by atoms with E-state index in [0.29, 0.717) is 22.3 Å². The Labute approximate surface area is 203 Å². The van der Waals surface area contributed by atoms with Gasteiger partial charge in [0.25, 0.3) is 17.5 Å². The Morgan fingerprint density at radius 1 is 0.833 bits per heavy atom. The molecule has 2 amide bonds. The predicted octanol–water partition coefficient (Wildman–Crippen LogP) is 1.17. The van der Waals surface area contributed by atoms with Crippen molar-refractivity contribution in [2.45, 2.75) is 0 Å². The lowest BCUT2D eigenvalue weighted by molar-refractivity contribution is -0.384. The zero-order valence-corrected chi connectivity index (χ0v) is 19.3. The van der Waals surface area contributed by atoms with Crippen molar-refractivity contribution >= 4 is 56.9 Å². The van der Waals surface area contributed by atoms with Gasteiger partial charge >= 0.3 is 0 Å². The van der Waals surface area contributed by atoms with E-state index in [9.17, 15) is 19.7 Å². The van der Waals surface area contributed by atoms with Crippen LogP contribution in [-0.2, 0) is 0 Å². The van der Waals surface area contributed by atoms with Gasteiger partial charge in [0.15, 0.2) is 11.9 Å². The second kappa shape index (κ2) is 10.7. The number of nitrogens with two attached hydrogens (primary N) is 3. The summed E-state index contributed by atoms with van der Waals surface area (Å²) in [7, 11) is 2.95. The lowest BCUT2D eigenvalue weighted by Crippen LogP contribution is -2.36. The molecule has 0 radical (unpaired) electrons. The van der Waals surface area contributed by atoms with Crippen LogP contribution in [0.1, 0.15) is 21.0 Å². The Kier molecular flexibility index (Phi) is 7.49. The van der Waals surface area contributed by atoms with Crippen molar-refractivity contribution in [2.24, 2.45) is 21.5 Å². The number of carbonyl (C=O) groups is 2. The molecule has 0 atom stereocenters. The molecule has 14 nitrogen and oxygen atoms in total. The van der Waals surface area contributed by atoms with Crippen LogP contribution in [0.3, 0.4) is 0 Å². The van der Waals surface area contributed by atoms with Gasteiger partial charge in [-0.15, -0.1) is 0 Å². The molecule has 0 fully saturated rings. The molecule has 10 N–H and O–H groups in total. The van der Waals surface area contributed by atoms with Crippen LogP contribution in [0.5, 0.6) is 0 Å². The number of nitro groups is 1. The number of H-pyrrole nitrogens is 2. The van der Waals surface area contributed by atoms with Crippen molar-refractivity contribution in [2.75, 3.05) is 19.8 Å². The van der Waals surface area contributed by atoms with E-state index in [2.05, 4.69) is 30.6 Å². The first kappa shape index (κ1) is 25.2. The zero-order valence-electron chi connectivity index (χ0n) is 19.3. The molecule has 0 unspecified atom stereocenters. The number of carbonyl (C=O) groups excluding carboxylic acids is 2. The monoisotopic (exact) mass is 492 g/mol. The van der Waals surface area contributed by atoms with E-state index in [0.717, 1.165) is 10.9 Å². The van der Waals surface area contributed by atoms with Gasteiger partial charge in [0, 0.05) is 48.2 Å². The molecule has 0 bridgehead atoms. The number of aromatic nitrogens is 2. The number of hydrogen-bond acceptors (Lipinski definition) is 7. The molecule has 36 heavy (non-hydrogen) atoms. The highest BCUT2D eigenvalue weighted by atomic mass is 16.6. The number of guanidine groups is 2. The molecule has 0 aliphatic heterocycles. The fraction of sp³-hybridized carbons (Fsp3) is 0.0909. The minimum absolute atomic E-state index is 0.00497. The number of rotatable bonds is 3. The largest absolute Gasteiger partial charge is 0.399 e. The summed E-state index contributed by atoms with van der Waals surface area (Å²) in [5.74, 6) is -0.715. The number of non-ortho nitro benzene ring substituents is 1. The van der Waals surface area contributed by atoms with Crippen molar-refractivity contribution in [3.8, 4) is 0 Å². The van der Waals surface area contributed by atoms with Gasteiger partial charge in [-0.05, 0) is 30.3 Å². The fourth-order valence-corrected chi connectivity index (χ4v) is 3.10. The van der Waals surface area contributed by atoms with Crippen molar-refractivity contribution in [3.05, 3.63) is 70.0 Å². The van der Waals surface area contributed by atoms with Gasteiger partial charge in [-0.25, -0.2) is 0 Å². The van der Waals surface area contributed by atoms with E-state index < -0.39 is 10.8 Å². The Hall–Kier alpha value is -5.40. The van der Waals surface area contributed by atoms with E-state index in [4.69, 9.17) is 17.2 Å². The van der Waals surface area contributed by atoms with Crippen molar-refractivity contribution in [3.63, 3.8) is 0 Å². The molecule has 2 heterocycles. The summed E-state index contributed by atoms with van der Waals surface area (Å²) in [4.78, 5) is 46.7. The summed E-state index contributed by atoms with van der Waals surface area (Å²) in [5.41, 5.74) is 19.0. The Balaban J connectivity index is 0.000000202. The quantitative estimate of drug-likeness (QED) is 0.0723. The van der Waals surface area contributed by atoms with Gasteiger partial charge < -0.3 is 27.2 Å². The number of nitrogens with zero attached hydrogens (tertiary/aromatic N) is 3. The molecule has 0 aliphatic carbocycles. The number of nitro benzene ring substituents is 1. The van der Waals surface area contributed by atoms with Crippen LogP contribution in [-0.4, -0.2) is 52.7 Å². The first-order valence-corrected chi connectivity index (χ1v) is 10.3. The molecule has 186 valence electrons. The van der Waals surface area contributed by atoms with Crippen LogP contribution in [0.25, 0.3) is 21.8 Å². The summed E-state index contributed by atoms with van der Waals surface area (Å²) in [6.45, 7) is 0. The number of anilines is 1. The molecule has 0 spiro atoms. The molecule has 2 aromatic carbocycles. The number of nitrogen functional groups attached to an aromatic ring is 1. The number of benzene rings is 2. The summed E-state index contributed by atoms with van der Waals surface area (Å²) in [6, 6.07) is 13.0. The Morgan fingerprint density at radius 2 is 1.31 bits per heavy atom. The molecule has 14 heteroatoms. The maximum atomic E-state index is 11.8. The molecule has 4 aromatic rings. The first-order chi connectivity index (χ1) is 17.1. The number of amides is 2. The fourth-order valence-electron chi connectivity index (χ4n) is 3.10. The average Bonchev–Trinajstić information content (AvgIpc) is 3.47. The standard InChI is InChI=1S/C11H11N5O3.C11H13N5O/c1-13-11(12)15-10(17)9-4-6-2-3-7(16(18)19)5-8(6)14-9;1-14-11(13)16-10(17)9-4-6-2-3-7(12)5-8(6)15-9/h2-5,14H,1H3,(H3,12,13,15,17);2-5,15H,12H2,1H3,(H3,13,14,16,17). The highest BCUT2D eigenvalue weighted by molar-refractivity contribution is 6.07. The number of aliphatic imine (C=N–C) groups is 2. The molecule has 2 aromatic heterocycles.